The number of aromatic nitrogens is 1. The number of fused-ring (bicyclic) bond motifs is 5. The van der Waals surface area contributed by atoms with Gasteiger partial charge in [0.05, 0.1) is 23.8 Å². The molecule has 1 aliphatic carbocycles. The second-order valence-corrected chi connectivity index (χ2v) is 6.38. The first kappa shape index (κ1) is 15.5. The van der Waals surface area contributed by atoms with Gasteiger partial charge in [0.15, 0.2) is 0 Å². The van der Waals surface area contributed by atoms with Crippen LogP contribution in [-0.4, -0.2) is 37.0 Å². The largest absolute Gasteiger partial charge is 0.497 e. The second-order valence-electron chi connectivity index (χ2n) is 6.38. The third-order valence-corrected chi connectivity index (χ3v) is 4.70. The zero-order chi connectivity index (χ0) is 17.7. The van der Waals surface area contributed by atoms with Gasteiger partial charge in [-0.25, -0.2) is 0 Å². The summed E-state index contributed by atoms with van der Waals surface area (Å²) in [7, 11) is 4.94. The number of rotatable bonds is 2. The Morgan fingerprint density at radius 2 is 2.08 bits per heavy atom. The minimum atomic E-state index is -0.309. The molecule has 2 heterocycles. The number of methoxy groups -OCH3 is 1. The van der Waals surface area contributed by atoms with Crippen LogP contribution in [0.3, 0.4) is 0 Å². The van der Waals surface area contributed by atoms with Crippen molar-refractivity contribution in [2.45, 2.75) is 12.8 Å². The Kier molecular flexibility index (Phi) is 3.42. The lowest BCUT2D eigenvalue weighted by Crippen LogP contribution is -2.23. The van der Waals surface area contributed by atoms with Gasteiger partial charge in [0.25, 0.3) is 11.5 Å². The fourth-order valence-electron chi connectivity index (χ4n) is 3.44. The molecule has 6 heteroatoms. The van der Waals surface area contributed by atoms with Crippen molar-refractivity contribution in [1.29, 1.82) is 0 Å². The number of nitrogens with one attached hydrogen (secondary N) is 1. The number of amides is 1. The van der Waals surface area contributed by atoms with Gasteiger partial charge < -0.3 is 19.0 Å². The lowest BCUT2D eigenvalue weighted by Gasteiger charge is -2.20. The number of pyridine rings is 1. The number of hydrogen-bond donors (Lipinski definition) is 1. The Hall–Kier alpha value is -3.02. The molecule has 0 fully saturated rings. The number of H-pyrrole nitrogens is 1. The topological polar surface area (TPSA) is 75.5 Å². The van der Waals surface area contributed by atoms with Gasteiger partial charge >= 0.3 is 0 Å². The van der Waals surface area contributed by atoms with Crippen molar-refractivity contribution in [2.75, 3.05) is 21.2 Å². The SMILES string of the molecule is COc1ccc2c(c1)CCc1c-2[nH]c(=O)c2c(C(=O)N(C)C)coc12. The van der Waals surface area contributed by atoms with Crippen LogP contribution in [-0.2, 0) is 12.8 Å². The Morgan fingerprint density at radius 3 is 2.80 bits per heavy atom. The van der Waals surface area contributed by atoms with Gasteiger partial charge in [0, 0.05) is 25.2 Å². The number of ether oxygens (including phenoxy) is 1. The molecule has 1 N–H and O–H groups in total. The molecule has 6 nitrogen and oxygen atoms in total. The van der Waals surface area contributed by atoms with Crippen molar-refractivity contribution in [1.82, 2.24) is 9.88 Å². The molecule has 0 bridgehead atoms. The fourth-order valence-corrected chi connectivity index (χ4v) is 3.44. The van der Waals surface area contributed by atoms with Crippen LogP contribution in [0.2, 0.25) is 0 Å². The number of nitrogens with zero attached hydrogens (tertiary/aromatic N) is 1. The van der Waals surface area contributed by atoms with E-state index in [1.807, 2.05) is 18.2 Å². The number of carbonyl (C=O) groups excluding carboxylic acids is 1. The summed E-state index contributed by atoms with van der Waals surface area (Å²) in [6.07, 6.45) is 2.93. The predicted octanol–water partition coefficient (Wildman–Crippen LogP) is 2.60. The van der Waals surface area contributed by atoms with Crippen LogP contribution in [0, 0.1) is 0 Å². The molecule has 0 saturated heterocycles. The van der Waals surface area contributed by atoms with Crippen LogP contribution >= 0.6 is 0 Å². The van der Waals surface area contributed by atoms with Crippen LogP contribution in [0.25, 0.3) is 22.2 Å². The van der Waals surface area contributed by atoms with E-state index in [1.54, 1.807) is 21.2 Å². The zero-order valence-electron chi connectivity index (χ0n) is 14.3. The lowest BCUT2D eigenvalue weighted by atomic mass is 9.88. The van der Waals surface area contributed by atoms with Crippen LogP contribution in [0.1, 0.15) is 21.5 Å². The molecule has 0 unspecified atom stereocenters. The second kappa shape index (κ2) is 5.51. The van der Waals surface area contributed by atoms with Gasteiger partial charge in [-0.15, -0.1) is 0 Å². The molecule has 0 radical (unpaired) electrons. The molecule has 0 aliphatic heterocycles. The molecule has 1 aromatic carbocycles. The summed E-state index contributed by atoms with van der Waals surface area (Å²) in [6, 6.07) is 5.81. The molecule has 25 heavy (non-hydrogen) atoms. The van der Waals surface area contributed by atoms with E-state index >= 15 is 0 Å². The molecule has 4 rings (SSSR count). The van der Waals surface area contributed by atoms with Gasteiger partial charge in [-0.2, -0.15) is 0 Å². The summed E-state index contributed by atoms with van der Waals surface area (Å²) in [5.41, 5.74) is 4.28. The summed E-state index contributed by atoms with van der Waals surface area (Å²) < 4.78 is 10.9. The Bertz CT molecular complexity index is 1060. The summed E-state index contributed by atoms with van der Waals surface area (Å²) >= 11 is 0. The minimum Gasteiger partial charge on any atom is -0.497 e. The summed E-state index contributed by atoms with van der Waals surface area (Å²) in [5.74, 6) is 0.549. The van der Waals surface area contributed by atoms with Crippen molar-refractivity contribution in [3.05, 3.63) is 51.5 Å². The van der Waals surface area contributed by atoms with Gasteiger partial charge in [0.2, 0.25) is 0 Å². The number of benzene rings is 1. The quantitative estimate of drug-likeness (QED) is 0.779. The van der Waals surface area contributed by atoms with Gasteiger partial charge in [-0.3, -0.25) is 9.59 Å². The van der Waals surface area contributed by atoms with Gasteiger partial charge in [-0.1, -0.05) is 0 Å². The Balaban J connectivity index is 1.97. The molecule has 3 aromatic rings. The predicted molar refractivity (Wildman–Crippen MR) is 94.2 cm³/mol. The molecule has 2 aromatic heterocycles. The summed E-state index contributed by atoms with van der Waals surface area (Å²) in [6.45, 7) is 0. The molecule has 0 atom stereocenters. The van der Waals surface area contributed by atoms with Crippen molar-refractivity contribution in [2.24, 2.45) is 0 Å². The molecular weight excluding hydrogens is 320 g/mol. The lowest BCUT2D eigenvalue weighted by molar-refractivity contribution is 0.0828. The number of hydrogen-bond acceptors (Lipinski definition) is 4. The maximum absolute atomic E-state index is 12.7. The van der Waals surface area contributed by atoms with Crippen LogP contribution < -0.4 is 10.3 Å². The Morgan fingerprint density at radius 1 is 1.28 bits per heavy atom. The van der Waals surface area contributed by atoms with E-state index in [-0.39, 0.29) is 11.5 Å². The van der Waals surface area contributed by atoms with Crippen molar-refractivity contribution in [3.8, 4) is 17.0 Å². The third-order valence-electron chi connectivity index (χ3n) is 4.70. The first-order valence-corrected chi connectivity index (χ1v) is 8.06. The third kappa shape index (κ3) is 2.25. The van der Waals surface area contributed by atoms with Crippen molar-refractivity contribution >= 4 is 16.9 Å². The minimum absolute atomic E-state index is 0.245. The van der Waals surface area contributed by atoms with E-state index in [4.69, 9.17) is 9.15 Å². The normalized spacial score (nSPS) is 12.6. The van der Waals surface area contributed by atoms with Gasteiger partial charge in [-0.05, 0) is 36.6 Å². The maximum atomic E-state index is 12.7. The number of carbonyl (C=O) groups is 1. The molecule has 0 spiro atoms. The first-order valence-electron chi connectivity index (χ1n) is 8.06. The summed E-state index contributed by atoms with van der Waals surface area (Å²) in [5, 5.41) is 0.328. The highest BCUT2D eigenvalue weighted by Gasteiger charge is 2.26. The molecule has 1 aliphatic rings. The highest BCUT2D eigenvalue weighted by atomic mass is 16.5. The molecule has 128 valence electrons. The van der Waals surface area contributed by atoms with Crippen molar-refractivity contribution < 1.29 is 13.9 Å². The van der Waals surface area contributed by atoms with E-state index in [9.17, 15) is 9.59 Å². The smallest absolute Gasteiger partial charge is 0.260 e. The summed E-state index contributed by atoms with van der Waals surface area (Å²) in [4.78, 5) is 29.4. The standard InChI is InChI=1S/C19H18N2O4/c1-21(2)19(23)14-9-25-17-13-6-4-10-8-11(24-3)5-7-12(10)16(13)20-18(22)15(14)17/h5,7-9H,4,6H2,1-3H3,(H,20,22). The average Bonchev–Trinajstić information content (AvgIpc) is 3.06. The van der Waals surface area contributed by atoms with E-state index < -0.39 is 0 Å². The first-order chi connectivity index (χ1) is 12.0. The monoisotopic (exact) mass is 338 g/mol. The van der Waals surface area contributed by atoms with Gasteiger partial charge in [0.1, 0.15) is 17.6 Å². The van der Waals surface area contributed by atoms with Crippen LogP contribution in [0.4, 0.5) is 0 Å². The number of furan rings is 1. The average molecular weight is 338 g/mol. The van der Waals surface area contributed by atoms with Crippen molar-refractivity contribution in [3.63, 3.8) is 0 Å². The van der Waals surface area contributed by atoms with E-state index in [2.05, 4.69) is 4.98 Å². The maximum Gasteiger partial charge on any atom is 0.260 e. The zero-order valence-corrected chi connectivity index (χ0v) is 14.3. The van der Waals surface area contributed by atoms with E-state index in [1.165, 1.54) is 11.2 Å². The van der Waals surface area contributed by atoms with E-state index in [0.717, 1.165) is 41.0 Å². The number of aromatic amines is 1. The molecule has 1 amide bonds. The Labute approximate surface area is 144 Å². The molecule has 0 saturated carbocycles. The molecular formula is C19H18N2O4. The highest BCUT2D eigenvalue weighted by molar-refractivity contribution is 6.06. The number of aryl methyl sites for hydroxylation is 2. The van der Waals surface area contributed by atoms with Crippen LogP contribution in [0.5, 0.6) is 5.75 Å². The van der Waals surface area contributed by atoms with E-state index in [0.29, 0.717) is 16.5 Å². The highest BCUT2D eigenvalue weighted by Crippen LogP contribution is 2.37. The van der Waals surface area contributed by atoms with Crippen LogP contribution in [0.15, 0.2) is 33.7 Å². The fraction of sp³-hybridized carbons (Fsp3) is 0.263.